The van der Waals surface area contributed by atoms with E-state index in [0.717, 1.165) is 15.7 Å². The van der Waals surface area contributed by atoms with Crippen molar-refractivity contribution in [3.63, 3.8) is 0 Å². The van der Waals surface area contributed by atoms with Crippen LogP contribution >= 0.6 is 27.5 Å². The van der Waals surface area contributed by atoms with Crippen molar-refractivity contribution in [2.24, 2.45) is 12.8 Å². The summed E-state index contributed by atoms with van der Waals surface area (Å²) in [5.41, 5.74) is 7.88. The average molecular weight is 302 g/mol. The number of aromatic nitrogens is 3. The standard InChI is InChI=1S/C10H10BrClN4/c1-16-10(7(11)4-15-16)9(13)6-2-3-14-5-8(6)12/h2-5,9H,13H2,1H3. The second-order valence-electron chi connectivity index (χ2n) is 3.38. The maximum absolute atomic E-state index is 6.16. The highest BCUT2D eigenvalue weighted by molar-refractivity contribution is 9.10. The van der Waals surface area contributed by atoms with Gasteiger partial charge in [0.15, 0.2) is 0 Å². The molecule has 1 unspecified atom stereocenters. The third-order valence-corrected chi connectivity index (χ3v) is 3.30. The lowest BCUT2D eigenvalue weighted by molar-refractivity contribution is 0.671. The van der Waals surface area contributed by atoms with Crippen molar-refractivity contribution in [2.45, 2.75) is 6.04 Å². The first-order valence-corrected chi connectivity index (χ1v) is 5.80. The number of rotatable bonds is 2. The number of nitrogens with zero attached hydrogens (tertiary/aromatic N) is 3. The molecular weight excluding hydrogens is 291 g/mol. The minimum Gasteiger partial charge on any atom is -0.319 e. The van der Waals surface area contributed by atoms with Crippen molar-refractivity contribution in [1.29, 1.82) is 0 Å². The van der Waals surface area contributed by atoms with Crippen LogP contribution < -0.4 is 5.73 Å². The maximum atomic E-state index is 6.16. The number of pyridine rings is 1. The molecule has 0 amide bonds. The monoisotopic (exact) mass is 300 g/mol. The Hall–Kier alpha value is -0.910. The van der Waals surface area contributed by atoms with Crippen molar-refractivity contribution < 1.29 is 0 Å². The summed E-state index contributed by atoms with van der Waals surface area (Å²) in [6.07, 6.45) is 4.97. The fourth-order valence-corrected chi connectivity index (χ4v) is 2.39. The van der Waals surface area contributed by atoms with Gasteiger partial charge in [-0.05, 0) is 27.6 Å². The molecule has 0 radical (unpaired) electrons. The highest BCUT2D eigenvalue weighted by Crippen LogP contribution is 2.29. The lowest BCUT2D eigenvalue weighted by Crippen LogP contribution is -2.17. The van der Waals surface area contributed by atoms with Crippen LogP contribution in [0.25, 0.3) is 0 Å². The summed E-state index contributed by atoms with van der Waals surface area (Å²) in [4.78, 5) is 3.93. The number of nitrogens with two attached hydrogens (primary N) is 1. The Bertz CT molecular complexity index is 492. The van der Waals surface area contributed by atoms with Gasteiger partial charge in [-0.15, -0.1) is 0 Å². The van der Waals surface area contributed by atoms with Gasteiger partial charge in [-0.2, -0.15) is 5.10 Å². The van der Waals surface area contributed by atoms with Crippen LogP contribution in [0.4, 0.5) is 0 Å². The van der Waals surface area contributed by atoms with E-state index in [-0.39, 0.29) is 6.04 Å². The van der Waals surface area contributed by atoms with Crippen LogP contribution in [0.3, 0.4) is 0 Å². The van der Waals surface area contributed by atoms with Crippen molar-refractivity contribution in [2.75, 3.05) is 0 Å². The molecule has 0 aliphatic rings. The molecule has 0 aromatic carbocycles. The maximum Gasteiger partial charge on any atom is 0.0750 e. The lowest BCUT2D eigenvalue weighted by Gasteiger charge is -2.14. The molecule has 0 aliphatic heterocycles. The summed E-state index contributed by atoms with van der Waals surface area (Å²) >= 11 is 9.47. The Labute approximate surface area is 107 Å². The van der Waals surface area contributed by atoms with Gasteiger partial charge in [-0.1, -0.05) is 11.6 Å². The van der Waals surface area contributed by atoms with Crippen LogP contribution in [0.15, 0.2) is 29.1 Å². The molecule has 2 aromatic heterocycles. The van der Waals surface area contributed by atoms with E-state index >= 15 is 0 Å². The molecule has 16 heavy (non-hydrogen) atoms. The molecule has 84 valence electrons. The van der Waals surface area contributed by atoms with Gasteiger partial charge in [0.2, 0.25) is 0 Å². The van der Waals surface area contributed by atoms with Crippen LogP contribution in [0.1, 0.15) is 17.3 Å². The van der Waals surface area contributed by atoms with Crippen molar-refractivity contribution in [1.82, 2.24) is 14.8 Å². The van der Waals surface area contributed by atoms with E-state index in [0.29, 0.717) is 5.02 Å². The first kappa shape index (κ1) is 11.6. The zero-order valence-electron chi connectivity index (χ0n) is 8.56. The minimum absolute atomic E-state index is 0.322. The summed E-state index contributed by atoms with van der Waals surface area (Å²) in [5.74, 6) is 0. The lowest BCUT2D eigenvalue weighted by atomic mass is 10.1. The van der Waals surface area contributed by atoms with Gasteiger partial charge in [0.25, 0.3) is 0 Å². The minimum atomic E-state index is -0.322. The Kier molecular flexibility index (Phi) is 3.28. The molecule has 0 saturated carbocycles. The quantitative estimate of drug-likeness (QED) is 0.926. The van der Waals surface area contributed by atoms with Crippen LogP contribution in [-0.2, 0) is 7.05 Å². The molecular formula is C10H10BrClN4. The molecule has 0 aliphatic carbocycles. The van der Waals surface area contributed by atoms with Crippen LogP contribution in [0, 0.1) is 0 Å². The first-order chi connectivity index (χ1) is 7.61. The van der Waals surface area contributed by atoms with Crippen LogP contribution in [0.2, 0.25) is 5.02 Å². The van der Waals surface area contributed by atoms with E-state index in [4.69, 9.17) is 17.3 Å². The zero-order chi connectivity index (χ0) is 11.7. The SMILES string of the molecule is Cn1ncc(Br)c1C(N)c1ccncc1Cl. The molecule has 0 spiro atoms. The van der Waals surface area contributed by atoms with E-state index < -0.39 is 0 Å². The van der Waals surface area contributed by atoms with Gasteiger partial charge in [0.1, 0.15) is 0 Å². The number of halogens is 2. The molecule has 2 N–H and O–H groups in total. The van der Waals surface area contributed by atoms with E-state index in [1.54, 1.807) is 23.3 Å². The second-order valence-corrected chi connectivity index (χ2v) is 4.64. The summed E-state index contributed by atoms with van der Waals surface area (Å²) in [6.45, 7) is 0. The van der Waals surface area contributed by atoms with Gasteiger partial charge >= 0.3 is 0 Å². The van der Waals surface area contributed by atoms with Crippen molar-refractivity contribution >= 4 is 27.5 Å². The van der Waals surface area contributed by atoms with Crippen LogP contribution in [-0.4, -0.2) is 14.8 Å². The average Bonchev–Trinajstić information content (AvgIpc) is 2.58. The van der Waals surface area contributed by atoms with E-state index in [1.165, 1.54) is 0 Å². The van der Waals surface area contributed by atoms with E-state index in [9.17, 15) is 0 Å². The molecule has 4 nitrogen and oxygen atoms in total. The molecule has 1 atom stereocenters. The molecule has 2 heterocycles. The smallest absolute Gasteiger partial charge is 0.0750 e. The van der Waals surface area contributed by atoms with Crippen molar-refractivity contribution in [3.8, 4) is 0 Å². The predicted molar refractivity (Wildman–Crippen MR) is 66.2 cm³/mol. The third-order valence-electron chi connectivity index (χ3n) is 2.37. The zero-order valence-corrected chi connectivity index (χ0v) is 10.9. The van der Waals surface area contributed by atoms with Gasteiger partial charge in [-0.25, -0.2) is 0 Å². The van der Waals surface area contributed by atoms with Gasteiger partial charge in [0, 0.05) is 19.4 Å². The topological polar surface area (TPSA) is 56.7 Å². The Morgan fingerprint density at radius 2 is 2.25 bits per heavy atom. The largest absolute Gasteiger partial charge is 0.319 e. The summed E-state index contributed by atoms with van der Waals surface area (Å²) < 4.78 is 2.60. The van der Waals surface area contributed by atoms with E-state index in [1.807, 2.05) is 13.1 Å². The van der Waals surface area contributed by atoms with E-state index in [2.05, 4.69) is 26.0 Å². The molecule has 0 bridgehead atoms. The summed E-state index contributed by atoms with van der Waals surface area (Å²) in [6, 6.07) is 1.49. The molecule has 6 heteroatoms. The molecule has 0 fully saturated rings. The van der Waals surface area contributed by atoms with Crippen LogP contribution in [0.5, 0.6) is 0 Å². The Morgan fingerprint density at radius 3 is 2.81 bits per heavy atom. The predicted octanol–water partition coefficient (Wildman–Crippen LogP) is 2.28. The summed E-state index contributed by atoms with van der Waals surface area (Å²) in [5, 5.41) is 4.68. The number of aryl methyl sites for hydroxylation is 1. The number of hydrogen-bond acceptors (Lipinski definition) is 3. The first-order valence-electron chi connectivity index (χ1n) is 4.63. The Balaban J connectivity index is 2.47. The fourth-order valence-electron chi connectivity index (χ4n) is 1.56. The number of hydrogen-bond donors (Lipinski definition) is 1. The second kappa shape index (κ2) is 4.53. The molecule has 2 rings (SSSR count). The molecule has 2 aromatic rings. The van der Waals surface area contributed by atoms with Gasteiger partial charge in [0.05, 0.1) is 27.4 Å². The Morgan fingerprint density at radius 1 is 1.50 bits per heavy atom. The summed E-state index contributed by atoms with van der Waals surface area (Å²) in [7, 11) is 1.84. The normalized spacial score (nSPS) is 12.8. The van der Waals surface area contributed by atoms with Gasteiger partial charge in [-0.3, -0.25) is 9.67 Å². The highest BCUT2D eigenvalue weighted by Gasteiger charge is 2.18. The van der Waals surface area contributed by atoms with Crippen molar-refractivity contribution in [3.05, 3.63) is 45.4 Å². The third kappa shape index (κ3) is 1.98. The molecule has 0 saturated heterocycles. The fraction of sp³-hybridized carbons (Fsp3) is 0.200. The highest BCUT2D eigenvalue weighted by atomic mass is 79.9. The van der Waals surface area contributed by atoms with Gasteiger partial charge < -0.3 is 5.73 Å².